The van der Waals surface area contributed by atoms with Crippen LogP contribution >= 0.6 is 11.3 Å². The van der Waals surface area contributed by atoms with E-state index in [1.165, 1.54) is 12.3 Å². The highest BCUT2D eigenvalue weighted by Gasteiger charge is 2.00. The Morgan fingerprint density at radius 2 is 2.29 bits per heavy atom. The minimum Gasteiger partial charge on any atom is -0.422 e. The third-order valence-electron chi connectivity index (χ3n) is 2.06. The lowest BCUT2D eigenvalue weighted by Gasteiger charge is -2.00. The van der Waals surface area contributed by atoms with Crippen molar-refractivity contribution in [2.24, 2.45) is 0 Å². The molecule has 86 valence electrons. The van der Waals surface area contributed by atoms with Crippen molar-refractivity contribution in [1.29, 1.82) is 0 Å². The predicted molar refractivity (Wildman–Crippen MR) is 68.0 cm³/mol. The van der Waals surface area contributed by atoms with Gasteiger partial charge in [-0.2, -0.15) is 11.3 Å². The first kappa shape index (κ1) is 11.5. The molecular formula is C13H11NO2S. The van der Waals surface area contributed by atoms with Crippen molar-refractivity contribution in [2.45, 2.75) is 6.92 Å². The minimum atomic E-state index is -0.401. The molecule has 2 rings (SSSR count). The number of pyridine rings is 1. The molecule has 2 heterocycles. The minimum absolute atomic E-state index is 0.401. The number of thiophene rings is 1. The molecule has 0 bridgehead atoms. The van der Waals surface area contributed by atoms with E-state index in [2.05, 4.69) is 4.98 Å². The van der Waals surface area contributed by atoms with Crippen molar-refractivity contribution in [3.63, 3.8) is 0 Å². The van der Waals surface area contributed by atoms with Gasteiger partial charge in [0, 0.05) is 11.8 Å². The molecule has 17 heavy (non-hydrogen) atoms. The van der Waals surface area contributed by atoms with Crippen molar-refractivity contribution >= 4 is 23.4 Å². The molecule has 0 radical (unpaired) electrons. The Morgan fingerprint density at radius 3 is 2.94 bits per heavy atom. The Labute approximate surface area is 103 Å². The van der Waals surface area contributed by atoms with Crippen LogP contribution in [0.4, 0.5) is 0 Å². The molecule has 0 atom stereocenters. The zero-order valence-electron chi connectivity index (χ0n) is 9.29. The van der Waals surface area contributed by atoms with Crippen LogP contribution in [-0.4, -0.2) is 11.0 Å². The highest BCUT2D eigenvalue weighted by atomic mass is 32.1. The summed E-state index contributed by atoms with van der Waals surface area (Å²) in [4.78, 5) is 15.5. The average Bonchev–Trinajstić information content (AvgIpc) is 2.83. The van der Waals surface area contributed by atoms with Crippen molar-refractivity contribution < 1.29 is 9.53 Å². The molecule has 0 saturated carbocycles. The number of rotatable bonds is 3. The van der Waals surface area contributed by atoms with Gasteiger partial charge in [0.15, 0.2) is 0 Å². The quantitative estimate of drug-likeness (QED) is 0.616. The molecule has 3 nitrogen and oxygen atoms in total. The second-order valence-corrected chi connectivity index (χ2v) is 4.23. The number of nitrogens with zero attached hydrogens (tertiary/aromatic N) is 1. The summed E-state index contributed by atoms with van der Waals surface area (Å²) in [6.07, 6.45) is 4.66. The highest BCUT2D eigenvalue weighted by Crippen LogP contribution is 2.10. The standard InChI is InChI=1S/C13H11NO2S/c1-10-2-4-12(8-14-10)16-13(15)5-3-11-6-7-17-9-11/h2-9H,1H3. The van der Waals surface area contributed by atoms with Crippen LogP contribution in [0.25, 0.3) is 6.08 Å². The fraction of sp³-hybridized carbons (Fsp3) is 0.0769. The summed E-state index contributed by atoms with van der Waals surface area (Å²) < 4.78 is 5.08. The van der Waals surface area contributed by atoms with Gasteiger partial charge in [-0.25, -0.2) is 4.79 Å². The topological polar surface area (TPSA) is 39.2 Å². The van der Waals surface area contributed by atoms with Gasteiger partial charge in [-0.1, -0.05) is 0 Å². The van der Waals surface area contributed by atoms with E-state index in [-0.39, 0.29) is 0 Å². The van der Waals surface area contributed by atoms with Crippen LogP contribution in [0.2, 0.25) is 0 Å². The normalized spacial score (nSPS) is 10.6. The molecule has 0 saturated heterocycles. The largest absolute Gasteiger partial charge is 0.422 e. The number of aromatic nitrogens is 1. The SMILES string of the molecule is Cc1ccc(OC(=O)C=Cc2ccsc2)cn1. The zero-order chi connectivity index (χ0) is 12.1. The number of hydrogen-bond acceptors (Lipinski definition) is 4. The highest BCUT2D eigenvalue weighted by molar-refractivity contribution is 7.08. The van der Waals surface area contributed by atoms with E-state index < -0.39 is 5.97 Å². The van der Waals surface area contributed by atoms with Gasteiger partial charge in [0.25, 0.3) is 0 Å². The maximum Gasteiger partial charge on any atom is 0.336 e. The number of aryl methyl sites for hydroxylation is 1. The van der Waals surface area contributed by atoms with Crippen LogP contribution < -0.4 is 4.74 Å². The number of carbonyl (C=O) groups excluding carboxylic acids is 1. The average molecular weight is 245 g/mol. The lowest BCUT2D eigenvalue weighted by atomic mass is 10.3. The van der Waals surface area contributed by atoms with Gasteiger partial charge in [-0.15, -0.1) is 0 Å². The smallest absolute Gasteiger partial charge is 0.336 e. The molecule has 2 aromatic rings. The fourth-order valence-corrected chi connectivity index (χ4v) is 1.83. The molecule has 0 aliphatic carbocycles. The predicted octanol–water partition coefficient (Wildman–Crippen LogP) is 3.07. The van der Waals surface area contributed by atoms with E-state index >= 15 is 0 Å². The molecular weight excluding hydrogens is 234 g/mol. The van der Waals surface area contributed by atoms with Gasteiger partial charge < -0.3 is 4.74 Å². The molecule has 0 fully saturated rings. The van der Waals surface area contributed by atoms with Crippen molar-refractivity contribution in [1.82, 2.24) is 4.98 Å². The third kappa shape index (κ3) is 3.53. The van der Waals surface area contributed by atoms with Gasteiger partial charge in [-0.05, 0) is 47.5 Å². The Bertz CT molecular complexity index is 515. The van der Waals surface area contributed by atoms with Crippen molar-refractivity contribution in [2.75, 3.05) is 0 Å². The monoisotopic (exact) mass is 245 g/mol. The first-order valence-corrected chi connectivity index (χ1v) is 6.03. The van der Waals surface area contributed by atoms with Gasteiger partial charge in [0.05, 0.1) is 6.20 Å². The van der Waals surface area contributed by atoms with E-state index in [0.29, 0.717) is 5.75 Å². The Morgan fingerprint density at radius 1 is 1.41 bits per heavy atom. The van der Waals surface area contributed by atoms with E-state index in [1.54, 1.807) is 29.5 Å². The van der Waals surface area contributed by atoms with E-state index in [4.69, 9.17) is 4.74 Å². The first-order valence-electron chi connectivity index (χ1n) is 5.09. The summed E-state index contributed by atoms with van der Waals surface area (Å²) in [5, 5.41) is 3.91. The van der Waals surface area contributed by atoms with Crippen molar-refractivity contribution in [3.05, 3.63) is 52.5 Å². The Hall–Kier alpha value is -1.94. The van der Waals surface area contributed by atoms with E-state index in [0.717, 1.165) is 11.3 Å². The molecule has 0 N–H and O–H groups in total. The Kier molecular flexibility index (Phi) is 3.67. The van der Waals surface area contributed by atoms with Crippen LogP contribution in [0.5, 0.6) is 5.75 Å². The molecule has 0 aromatic carbocycles. The number of esters is 1. The number of hydrogen-bond donors (Lipinski definition) is 0. The van der Waals surface area contributed by atoms with Gasteiger partial charge in [0.2, 0.25) is 0 Å². The second kappa shape index (κ2) is 5.41. The molecule has 0 spiro atoms. The van der Waals surface area contributed by atoms with Crippen molar-refractivity contribution in [3.8, 4) is 5.75 Å². The molecule has 0 aliphatic rings. The van der Waals surface area contributed by atoms with Crippen LogP contribution in [0.1, 0.15) is 11.3 Å². The van der Waals surface area contributed by atoms with Crippen LogP contribution in [0.3, 0.4) is 0 Å². The number of ether oxygens (including phenoxy) is 1. The zero-order valence-corrected chi connectivity index (χ0v) is 10.1. The summed E-state index contributed by atoms with van der Waals surface area (Å²) in [6, 6.07) is 5.45. The molecule has 2 aromatic heterocycles. The summed E-state index contributed by atoms with van der Waals surface area (Å²) in [6.45, 7) is 1.88. The summed E-state index contributed by atoms with van der Waals surface area (Å²) >= 11 is 1.58. The van der Waals surface area contributed by atoms with Crippen LogP contribution in [0, 0.1) is 6.92 Å². The van der Waals surface area contributed by atoms with Crippen LogP contribution in [0.15, 0.2) is 41.2 Å². The second-order valence-electron chi connectivity index (χ2n) is 3.45. The van der Waals surface area contributed by atoms with E-state index in [9.17, 15) is 4.79 Å². The van der Waals surface area contributed by atoms with Gasteiger partial charge in [-0.3, -0.25) is 4.98 Å². The summed E-state index contributed by atoms with van der Waals surface area (Å²) in [5.74, 6) is 0.0532. The van der Waals surface area contributed by atoms with Crippen LogP contribution in [-0.2, 0) is 4.79 Å². The summed E-state index contributed by atoms with van der Waals surface area (Å²) in [7, 11) is 0. The lowest BCUT2D eigenvalue weighted by Crippen LogP contribution is -2.03. The maximum absolute atomic E-state index is 11.5. The molecule has 0 aliphatic heterocycles. The Balaban J connectivity index is 1.95. The fourth-order valence-electron chi connectivity index (χ4n) is 1.20. The maximum atomic E-state index is 11.5. The first-order chi connectivity index (χ1) is 8.24. The van der Waals surface area contributed by atoms with Gasteiger partial charge >= 0.3 is 5.97 Å². The number of carbonyl (C=O) groups is 1. The molecule has 0 unspecified atom stereocenters. The van der Waals surface area contributed by atoms with Gasteiger partial charge in [0.1, 0.15) is 5.75 Å². The lowest BCUT2D eigenvalue weighted by molar-refractivity contribution is -0.128. The molecule has 4 heteroatoms. The molecule has 0 amide bonds. The summed E-state index contributed by atoms with van der Waals surface area (Å²) in [5.41, 5.74) is 1.88. The third-order valence-corrected chi connectivity index (χ3v) is 2.76. The van der Waals surface area contributed by atoms with E-state index in [1.807, 2.05) is 23.8 Å².